The zero-order valence-corrected chi connectivity index (χ0v) is 19.5. The van der Waals surface area contributed by atoms with Crippen molar-refractivity contribution >= 4 is 35.5 Å². The number of nitrogens with zero attached hydrogens (tertiary/aromatic N) is 3. The molecule has 2 unspecified atom stereocenters. The number of carboxylic acids is 1. The minimum absolute atomic E-state index is 0.0383. The van der Waals surface area contributed by atoms with Gasteiger partial charge in [0.15, 0.2) is 12.4 Å². The molecule has 184 valence electrons. The molecule has 0 spiro atoms. The Hall–Kier alpha value is -4.47. The quantitative estimate of drug-likeness (QED) is 0.329. The molecule has 2 saturated heterocycles. The Bertz CT molecular complexity index is 1330. The number of carbonyl (C=O) groups excluding carboxylic acids is 4. The first-order valence-corrected chi connectivity index (χ1v) is 11.5. The van der Waals surface area contributed by atoms with E-state index in [1.807, 2.05) is 6.07 Å². The van der Waals surface area contributed by atoms with Crippen LogP contribution in [0.5, 0.6) is 5.75 Å². The van der Waals surface area contributed by atoms with Gasteiger partial charge in [-0.25, -0.2) is 0 Å². The third kappa shape index (κ3) is 4.10. The summed E-state index contributed by atoms with van der Waals surface area (Å²) in [5.74, 6) is -2.19. The molecule has 1 aromatic heterocycles. The van der Waals surface area contributed by atoms with Crippen LogP contribution in [0.25, 0.3) is 6.08 Å². The van der Waals surface area contributed by atoms with Crippen LogP contribution < -0.4 is 15.0 Å². The van der Waals surface area contributed by atoms with E-state index in [0.717, 1.165) is 5.56 Å². The number of carbonyl (C=O) groups is 4. The molecule has 1 aromatic carbocycles. The monoisotopic (exact) mass is 488 g/mol. The zero-order chi connectivity index (χ0) is 25.6. The van der Waals surface area contributed by atoms with Crippen molar-refractivity contribution in [2.24, 2.45) is 5.92 Å². The topological polar surface area (TPSA) is 134 Å². The number of hydrogen-bond acceptors (Lipinski definition) is 6. The molecule has 0 bridgehead atoms. The standard InChI is InChI=1S/C26H24N4O6/c1-15(31)29-13-18-11-17(23(26(35)36)30-22(18)24(29)25(30)34)5-4-16-3-2-10-28(12-16)14-21(33)27-19-6-8-20(32)9-7-19/h2-10,12,18,22,24H,11,13-14H2,1H3,(H2-,27,32,33,35,36)/b5-4+/t18?,22-,24?/m1/s1. The van der Waals surface area contributed by atoms with Crippen LogP contribution in [0.1, 0.15) is 18.9 Å². The number of likely N-dealkylation sites (tertiary alicyclic amines) is 1. The van der Waals surface area contributed by atoms with Crippen LogP contribution in [0, 0.1) is 5.92 Å². The number of allylic oxidation sites excluding steroid dienone is 2. The molecule has 0 saturated carbocycles. The van der Waals surface area contributed by atoms with E-state index in [-0.39, 0.29) is 47.7 Å². The van der Waals surface area contributed by atoms with Gasteiger partial charge in [0, 0.05) is 36.7 Å². The highest BCUT2D eigenvalue weighted by atomic mass is 16.4. The van der Waals surface area contributed by atoms with Crippen LogP contribution in [0.15, 0.2) is 66.1 Å². The number of benzene rings is 1. The number of aliphatic carboxylic acids is 1. The lowest BCUT2D eigenvalue weighted by Crippen LogP contribution is -2.69. The van der Waals surface area contributed by atoms with Crippen molar-refractivity contribution in [1.29, 1.82) is 0 Å². The number of phenolic OH excluding ortho intramolecular Hbond substituents is 1. The van der Waals surface area contributed by atoms with E-state index < -0.39 is 12.0 Å². The summed E-state index contributed by atoms with van der Waals surface area (Å²) in [4.78, 5) is 51.8. The predicted molar refractivity (Wildman–Crippen MR) is 124 cm³/mol. The molecule has 10 heteroatoms. The Morgan fingerprint density at radius 2 is 1.94 bits per heavy atom. The normalized spacial score (nSPS) is 22.5. The average Bonchev–Trinajstić information content (AvgIpc) is 3.20. The van der Waals surface area contributed by atoms with Gasteiger partial charge in [-0.1, -0.05) is 6.08 Å². The summed E-state index contributed by atoms with van der Waals surface area (Å²) in [5, 5.41) is 24.1. The van der Waals surface area contributed by atoms with Gasteiger partial charge in [0.25, 0.3) is 11.8 Å². The molecule has 2 fully saturated rings. The number of phenols is 1. The maximum atomic E-state index is 12.7. The number of rotatable bonds is 6. The summed E-state index contributed by atoms with van der Waals surface area (Å²) in [6, 6.07) is 8.82. The molecule has 4 heterocycles. The van der Waals surface area contributed by atoms with E-state index in [9.17, 15) is 29.4 Å². The highest BCUT2D eigenvalue weighted by molar-refractivity contribution is 6.02. The van der Waals surface area contributed by atoms with Gasteiger partial charge in [0.2, 0.25) is 12.5 Å². The number of β-lactam (4-membered cyclic amide) rings is 1. The molecule has 36 heavy (non-hydrogen) atoms. The molecule has 2 aromatic rings. The average molecular weight is 489 g/mol. The van der Waals surface area contributed by atoms with Crippen LogP contribution >= 0.6 is 0 Å². The lowest BCUT2D eigenvalue weighted by atomic mass is 9.79. The maximum absolute atomic E-state index is 12.7. The Labute approximate surface area is 206 Å². The Morgan fingerprint density at radius 3 is 2.64 bits per heavy atom. The van der Waals surface area contributed by atoms with Crippen molar-refractivity contribution in [3.05, 3.63) is 71.7 Å². The van der Waals surface area contributed by atoms with Crippen molar-refractivity contribution < 1.29 is 34.0 Å². The molecule has 5 rings (SSSR count). The lowest BCUT2D eigenvalue weighted by Gasteiger charge is -2.50. The van der Waals surface area contributed by atoms with E-state index in [1.165, 1.54) is 28.9 Å². The second kappa shape index (κ2) is 8.95. The third-order valence-electron chi connectivity index (χ3n) is 6.82. The molecular weight excluding hydrogens is 464 g/mol. The van der Waals surface area contributed by atoms with E-state index in [0.29, 0.717) is 24.2 Å². The van der Waals surface area contributed by atoms with Crippen LogP contribution in [0.4, 0.5) is 5.69 Å². The van der Waals surface area contributed by atoms with Crippen LogP contribution in [0.2, 0.25) is 0 Å². The van der Waals surface area contributed by atoms with Gasteiger partial charge in [0.1, 0.15) is 11.8 Å². The Kier molecular flexibility index (Phi) is 5.79. The first-order chi connectivity index (χ1) is 17.2. The van der Waals surface area contributed by atoms with Crippen molar-refractivity contribution in [2.45, 2.75) is 32.0 Å². The second-order valence-corrected chi connectivity index (χ2v) is 9.18. The smallest absolute Gasteiger partial charge is 0.290 e. The van der Waals surface area contributed by atoms with Gasteiger partial charge < -0.3 is 30.1 Å². The molecule has 3 aliphatic rings. The SMILES string of the molecule is CC(=O)N1CC2CC(/C=C/c3ccc[n+](CC(=O)Nc4ccc(O)cc4)c3)=C(C(=O)[O-])N3C(=O)C1[C@@H]23. The highest BCUT2D eigenvalue weighted by Crippen LogP contribution is 2.47. The minimum atomic E-state index is -1.42. The van der Waals surface area contributed by atoms with Crippen molar-refractivity contribution in [3.63, 3.8) is 0 Å². The fourth-order valence-electron chi connectivity index (χ4n) is 5.28. The first kappa shape index (κ1) is 23.3. The van der Waals surface area contributed by atoms with Crippen LogP contribution in [-0.2, 0) is 25.7 Å². The molecule has 10 nitrogen and oxygen atoms in total. The molecule has 3 amide bonds. The third-order valence-corrected chi connectivity index (χ3v) is 6.82. The minimum Gasteiger partial charge on any atom is -0.543 e. The van der Waals surface area contributed by atoms with Crippen LogP contribution in [-0.4, -0.2) is 57.2 Å². The van der Waals surface area contributed by atoms with E-state index in [1.54, 1.807) is 47.3 Å². The van der Waals surface area contributed by atoms with Crippen LogP contribution in [0.3, 0.4) is 0 Å². The first-order valence-electron chi connectivity index (χ1n) is 11.5. The fourth-order valence-corrected chi connectivity index (χ4v) is 5.28. The number of aromatic hydroxyl groups is 1. The highest BCUT2D eigenvalue weighted by Gasteiger charge is 2.62. The number of hydrogen-bond donors (Lipinski definition) is 2. The van der Waals surface area contributed by atoms with E-state index >= 15 is 0 Å². The van der Waals surface area contributed by atoms with Crippen molar-refractivity contribution in [3.8, 4) is 5.75 Å². The number of nitrogens with one attached hydrogen (secondary N) is 1. The van der Waals surface area contributed by atoms with Gasteiger partial charge >= 0.3 is 0 Å². The summed E-state index contributed by atoms with van der Waals surface area (Å²) in [6.45, 7) is 1.87. The van der Waals surface area contributed by atoms with Crippen molar-refractivity contribution in [2.75, 3.05) is 11.9 Å². The molecule has 0 radical (unpaired) electrons. The van der Waals surface area contributed by atoms with E-state index in [4.69, 9.17) is 0 Å². The molecule has 2 N–H and O–H groups in total. The number of pyridine rings is 1. The number of amides is 3. The molecular formula is C26H24N4O6. The summed E-state index contributed by atoms with van der Waals surface area (Å²) >= 11 is 0. The van der Waals surface area contributed by atoms with Gasteiger partial charge in [-0.15, -0.1) is 0 Å². The largest absolute Gasteiger partial charge is 0.543 e. The molecule has 3 atom stereocenters. The lowest BCUT2D eigenvalue weighted by molar-refractivity contribution is -0.684. The van der Waals surface area contributed by atoms with Gasteiger partial charge in [0.05, 0.1) is 17.7 Å². The zero-order valence-electron chi connectivity index (χ0n) is 19.5. The van der Waals surface area contributed by atoms with Gasteiger partial charge in [-0.05, 0) is 48.4 Å². The fraction of sp³-hybridized carbons (Fsp3) is 0.269. The summed E-state index contributed by atoms with van der Waals surface area (Å²) in [5.41, 5.74) is 1.61. The summed E-state index contributed by atoms with van der Waals surface area (Å²) in [6.07, 6.45) is 7.28. The van der Waals surface area contributed by atoms with E-state index in [2.05, 4.69) is 5.32 Å². The van der Waals surface area contributed by atoms with Crippen molar-refractivity contribution in [1.82, 2.24) is 9.80 Å². The number of aromatic nitrogens is 1. The molecule has 0 aliphatic carbocycles. The maximum Gasteiger partial charge on any atom is 0.290 e. The summed E-state index contributed by atoms with van der Waals surface area (Å²) < 4.78 is 1.69. The Balaban J connectivity index is 1.33. The molecule has 3 aliphatic heterocycles. The number of carboxylic acid groups (broad SMARTS) is 1. The predicted octanol–water partition coefficient (Wildman–Crippen LogP) is -0.203. The van der Waals surface area contributed by atoms with Gasteiger partial charge in [-0.3, -0.25) is 14.4 Å². The second-order valence-electron chi connectivity index (χ2n) is 9.18. The Morgan fingerprint density at radius 1 is 1.19 bits per heavy atom. The summed E-state index contributed by atoms with van der Waals surface area (Å²) in [7, 11) is 0. The van der Waals surface area contributed by atoms with Gasteiger partial charge in [-0.2, -0.15) is 4.57 Å². The number of anilines is 1.